The van der Waals surface area contributed by atoms with Crippen LogP contribution in [0, 0.1) is 6.92 Å². The summed E-state index contributed by atoms with van der Waals surface area (Å²) in [7, 11) is 1.46. The predicted molar refractivity (Wildman–Crippen MR) is 87.5 cm³/mol. The van der Waals surface area contributed by atoms with Gasteiger partial charge < -0.3 is 9.64 Å². The molecular formula is C18H25NO2. The number of anilines is 1. The third-order valence-corrected chi connectivity index (χ3v) is 4.27. The molecule has 0 spiro atoms. The van der Waals surface area contributed by atoms with Crippen molar-refractivity contribution in [2.45, 2.75) is 52.6 Å². The molecule has 1 heterocycles. The zero-order chi connectivity index (χ0) is 15.8. The van der Waals surface area contributed by atoms with Crippen molar-refractivity contribution >= 4 is 17.2 Å². The summed E-state index contributed by atoms with van der Waals surface area (Å²) in [6, 6.07) is 6.03. The number of rotatable bonds is 3. The lowest BCUT2D eigenvalue weighted by atomic mass is 9.85. The van der Waals surface area contributed by atoms with E-state index in [1.807, 2.05) is 6.92 Å². The van der Waals surface area contributed by atoms with Gasteiger partial charge in [-0.25, -0.2) is 4.79 Å². The van der Waals surface area contributed by atoms with Gasteiger partial charge in [-0.3, -0.25) is 0 Å². The molecule has 21 heavy (non-hydrogen) atoms. The van der Waals surface area contributed by atoms with Gasteiger partial charge in [-0.15, -0.1) is 0 Å². The summed E-state index contributed by atoms with van der Waals surface area (Å²) in [5, 5.41) is 0. The molecule has 0 bridgehead atoms. The van der Waals surface area contributed by atoms with Crippen molar-refractivity contribution in [3.8, 4) is 0 Å². The number of benzene rings is 1. The number of fused-ring (bicyclic) bond motifs is 1. The number of ether oxygens (including phenoxy) is 1. The molecule has 0 fully saturated rings. The number of para-hydroxylation sites is 1. The Hall–Kier alpha value is -1.77. The van der Waals surface area contributed by atoms with Crippen LogP contribution in [0.15, 0.2) is 24.3 Å². The summed E-state index contributed by atoms with van der Waals surface area (Å²) in [5.41, 5.74) is 4.58. The van der Waals surface area contributed by atoms with Crippen molar-refractivity contribution < 1.29 is 9.53 Å². The van der Waals surface area contributed by atoms with Crippen LogP contribution >= 0.6 is 0 Å². The summed E-state index contributed by atoms with van der Waals surface area (Å²) in [6.45, 7) is 10.6. The van der Waals surface area contributed by atoms with Crippen LogP contribution in [0.1, 0.15) is 45.2 Å². The van der Waals surface area contributed by atoms with Gasteiger partial charge in [0.15, 0.2) is 0 Å². The Bertz CT molecular complexity index is 587. The normalized spacial score (nSPS) is 17.8. The van der Waals surface area contributed by atoms with Crippen molar-refractivity contribution in [3.05, 3.63) is 35.4 Å². The largest absolute Gasteiger partial charge is 0.467 e. The second-order valence-electron chi connectivity index (χ2n) is 6.27. The Balaban J connectivity index is 2.67. The molecule has 0 saturated carbocycles. The van der Waals surface area contributed by atoms with Gasteiger partial charge in [0.05, 0.1) is 12.6 Å². The van der Waals surface area contributed by atoms with E-state index in [0.717, 1.165) is 12.1 Å². The molecule has 0 N–H and O–H groups in total. The minimum Gasteiger partial charge on any atom is -0.467 e. The maximum Gasteiger partial charge on any atom is 0.328 e. The molecule has 1 aliphatic heterocycles. The minimum atomic E-state index is -0.269. The van der Waals surface area contributed by atoms with E-state index in [1.165, 1.54) is 23.8 Å². The number of esters is 1. The SMILES string of the molecule is CC[C@@H](C(=O)OC)N1c2c(C)cccc2C(C)=CC1(C)C. The molecule has 1 aliphatic rings. The van der Waals surface area contributed by atoms with Crippen LogP contribution < -0.4 is 4.90 Å². The van der Waals surface area contributed by atoms with E-state index >= 15 is 0 Å². The molecule has 114 valence electrons. The number of carbonyl (C=O) groups excluding carboxylic acids is 1. The van der Waals surface area contributed by atoms with Gasteiger partial charge in [-0.2, -0.15) is 0 Å². The second kappa shape index (κ2) is 5.55. The van der Waals surface area contributed by atoms with Crippen molar-refractivity contribution in [1.82, 2.24) is 0 Å². The van der Waals surface area contributed by atoms with Crippen LogP contribution in [0.4, 0.5) is 5.69 Å². The maximum atomic E-state index is 12.2. The lowest BCUT2D eigenvalue weighted by Crippen LogP contribution is -2.54. The monoisotopic (exact) mass is 287 g/mol. The summed E-state index contributed by atoms with van der Waals surface area (Å²) in [4.78, 5) is 14.5. The first-order valence-electron chi connectivity index (χ1n) is 7.50. The highest BCUT2D eigenvalue weighted by Crippen LogP contribution is 2.42. The molecule has 0 unspecified atom stereocenters. The molecule has 1 atom stereocenters. The zero-order valence-electron chi connectivity index (χ0n) is 13.9. The topological polar surface area (TPSA) is 29.5 Å². The van der Waals surface area contributed by atoms with Crippen LogP contribution in [-0.4, -0.2) is 24.7 Å². The first kappa shape index (κ1) is 15.6. The van der Waals surface area contributed by atoms with Gasteiger partial charge >= 0.3 is 5.97 Å². The lowest BCUT2D eigenvalue weighted by molar-refractivity contribution is -0.142. The number of carbonyl (C=O) groups is 1. The highest BCUT2D eigenvalue weighted by molar-refractivity contribution is 5.88. The van der Waals surface area contributed by atoms with Gasteiger partial charge in [0.2, 0.25) is 0 Å². The molecule has 0 aromatic heterocycles. The maximum absolute atomic E-state index is 12.2. The molecule has 0 amide bonds. The van der Waals surface area contributed by atoms with E-state index in [-0.39, 0.29) is 17.6 Å². The lowest BCUT2D eigenvalue weighted by Gasteiger charge is -2.47. The highest BCUT2D eigenvalue weighted by atomic mass is 16.5. The van der Waals surface area contributed by atoms with Crippen LogP contribution in [-0.2, 0) is 9.53 Å². The van der Waals surface area contributed by atoms with Crippen molar-refractivity contribution in [2.75, 3.05) is 12.0 Å². The van der Waals surface area contributed by atoms with E-state index in [0.29, 0.717) is 0 Å². The second-order valence-corrected chi connectivity index (χ2v) is 6.27. The molecule has 3 nitrogen and oxygen atoms in total. The standard InChI is InChI=1S/C18H25NO2/c1-7-15(17(20)21-6)19-16-12(2)9-8-10-14(16)13(3)11-18(19,4)5/h8-11,15H,7H2,1-6H3/t15-/m0/s1. The quantitative estimate of drug-likeness (QED) is 0.788. The third kappa shape index (κ3) is 2.57. The van der Waals surface area contributed by atoms with Gasteiger partial charge in [0.1, 0.15) is 6.04 Å². The first-order chi connectivity index (χ1) is 9.83. The Morgan fingerprint density at radius 2 is 2.00 bits per heavy atom. The third-order valence-electron chi connectivity index (χ3n) is 4.27. The van der Waals surface area contributed by atoms with Crippen LogP contribution in [0.3, 0.4) is 0 Å². The number of hydrogen-bond donors (Lipinski definition) is 0. The number of nitrogens with zero attached hydrogens (tertiary/aromatic N) is 1. The van der Waals surface area contributed by atoms with Gasteiger partial charge in [0, 0.05) is 11.3 Å². The van der Waals surface area contributed by atoms with E-state index in [9.17, 15) is 4.79 Å². The summed E-state index contributed by atoms with van der Waals surface area (Å²) >= 11 is 0. The van der Waals surface area contributed by atoms with E-state index < -0.39 is 0 Å². The first-order valence-corrected chi connectivity index (χ1v) is 7.50. The average molecular weight is 287 g/mol. The minimum absolute atomic E-state index is 0.173. The molecule has 1 aromatic rings. The molecule has 1 aromatic carbocycles. The predicted octanol–water partition coefficient (Wildman–Crippen LogP) is 3.95. The van der Waals surface area contributed by atoms with Gasteiger partial charge in [-0.05, 0) is 45.3 Å². The Labute approximate surface area is 127 Å². The van der Waals surface area contributed by atoms with Crippen LogP contribution in [0.2, 0.25) is 0 Å². The van der Waals surface area contributed by atoms with Crippen molar-refractivity contribution in [1.29, 1.82) is 0 Å². The van der Waals surface area contributed by atoms with E-state index in [4.69, 9.17) is 4.74 Å². The molecule has 0 saturated heterocycles. The Kier molecular flexibility index (Phi) is 4.13. The van der Waals surface area contributed by atoms with E-state index in [2.05, 4.69) is 56.9 Å². The van der Waals surface area contributed by atoms with Crippen LogP contribution in [0.5, 0.6) is 0 Å². The number of allylic oxidation sites excluding steroid dienone is 1. The molecule has 3 heteroatoms. The fourth-order valence-electron chi connectivity index (χ4n) is 3.41. The molecule has 0 radical (unpaired) electrons. The fourth-order valence-corrected chi connectivity index (χ4v) is 3.41. The zero-order valence-corrected chi connectivity index (χ0v) is 13.9. The summed E-state index contributed by atoms with van der Waals surface area (Å²) in [5.74, 6) is -0.173. The van der Waals surface area contributed by atoms with Crippen LogP contribution in [0.25, 0.3) is 5.57 Å². The Morgan fingerprint density at radius 3 is 2.57 bits per heavy atom. The Morgan fingerprint density at radius 1 is 1.33 bits per heavy atom. The van der Waals surface area contributed by atoms with Crippen molar-refractivity contribution in [2.24, 2.45) is 0 Å². The fraction of sp³-hybridized carbons (Fsp3) is 0.500. The van der Waals surface area contributed by atoms with Crippen molar-refractivity contribution in [3.63, 3.8) is 0 Å². The van der Waals surface area contributed by atoms with Gasteiger partial charge in [0.25, 0.3) is 0 Å². The molecule has 0 aliphatic carbocycles. The average Bonchev–Trinajstić information content (AvgIpc) is 2.42. The highest BCUT2D eigenvalue weighted by Gasteiger charge is 2.39. The van der Waals surface area contributed by atoms with E-state index in [1.54, 1.807) is 0 Å². The number of methoxy groups -OCH3 is 1. The number of hydrogen-bond acceptors (Lipinski definition) is 3. The molecule has 2 rings (SSSR count). The summed E-state index contributed by atoms with van der Waals surface area (Å²) < 4.78 is 5.03. The summed E-state index contributed by atoms with van der Waals surface area (Å²) in [6.07, 6.45) is 2.96. The number of aryl methyl sites for hydroxylation is 1. The molecular weight excluding hydrogens is 262 g/mol. The van der Waals surface area contributed by atoms with Gasteiger partial charge in [-0.1, -0.05) is 31.2 Å². The smallest absolute Gasteiger partial charge is 0.328 e.